The predicted molar refractivity (Wildman–Crippen MR) is 114 cm³/mol. The van der Waals surface area contributed by atoms with E-state index in [1.54, 1.807) is 0 Å². The molecule has 1 aliphatic rings. The van der Waals surface area contributed by atoms with Crippen molar-refractivity contribution in [3.05, 3.63) is 70.6 Å². The number of hydrogen-bond acceptors (Lipinski definition) is 5. The molecule has 0 aliphatic carbocycles. The van der Waals surface area contributed by atoms with Gasteiger partial charge in [0, 0.05) is 48.4 Å². The highest BCUT2D eigenvalue weighted by molar-refractivity contribution is 9.10. The summed E-state index contributed by atoms with van der Waals surface area (Å²) in [5, 5.41) is 0. The summed E-state index contributed by atoms with van der Waals surface area (Å²) in [7, 11) is 0. The Morgan fingerprint density at radius 2 is 1.54 bits per heavy atom. The van der Waals surface area contributed by atoms with Crippen LogP contribution in [-0.4, -0.2) is 36.1 Å². The number of hydrogen-bond donors (Lipinski definition) is 1. The van der Waals surface area contributed by atoms with Crippen LogP contribution in [0, 0.1) is 5.82 Å². The third-order valence-corrected chi connectivity index (χ3v) is 5.40. The number of nitrogens with zero attached hydrogens (tertiary/aromatic N) is 4. The van der Waals surface area contributed by atoms with Crippen molar-refractivity contribution in [1.82, 2.24) is 9.97 Å². The Hall–Kier alpha value is -2.51. The Bertz CT molecular complexity index is 938. The highest BCUT2D eigenvalue weighted by Gasteiger charge is 2.20. The molecule has 1 saturated heterocycles. The molecule has 144 valence electrons. The molecule has 0 saturated carbocycles. The number of piperazine rings is 1. The van der Waals surface area contributed by atoms with E-state index in [9.17, 15) is 4.39 Å². The Morgan fingerprint density at radius 3 is 2.18 bits per heavy atom. The van der Waals surface area contributed by atoms with E-state index in [4.69, 9.17) is 10.7 Å². The number of halogens is 2. The topological polar surface area (TPSA) is 58.3 Å². The van der Waals surface area contributed by atoms with Crippen molar-refractivity contribution in [1.29, 1.82) is 0 Å². The Kier molecular flexibility index (Phi) is 5.54. The van der Waals surface area contributed by atoms with Gasteiger partial charge in [-0.25, -0.2) is 14.4 Å². The summed E-state index contributed by atoms with van der Waals surface area (Å²) < 4.78 is 14.2. The van der Waals surface area contributed by atoms with E-state index in [-0.39, 0.29) is 5.82 Å². The van der Waals surface area contributed by atoms with Gasteiger partial charge in [0.15, 0.2) is 0 Å². The van der Waals surface area contributed by atoms with Gasteiger partial charge < -0.3 is 15.5 Å². The van der Waals surface area contributed by atoms with Crippen LogP contribution in [0.1, 0.15) is 5.69 Å². The zero-order valence-electron chi connectivity index (χ0n) is 15.4. The summed E-state index contributed by atoms with van der Waals surface area (Å²) in [5.41, 5.74) is 9.64. The molecule has 0 atom stereocenters. The maximum atomic E-state index is 13.2. The van der Waals surface area contributed by atoms with Crippen LogP contribution in [0.2, 0.25) is 0 Å². The van der Waals surface area contributed by atoms with Crippen LogP contribution in [0.25, 0.3) is 11.3 Å². The molecule has 0 bridgehead atoms. The van der Waals surface area contributed by atoms with E-state index in [0.717, 1.165) is 53.3 Å². The lowest BCUT2D eigenvalue weighted by Gasteiger charge is -2.36. The lowest BCUT2D eigenvalue weighted by molar-refractivity contribution is 0.622. The van der Waals surface area contributed by atoms with Gasteiger partial charge in [-0.2, -0.15) is 0 Å². The number of aromatic nitrogens is 2. The molecule has 1 aromatic heterocycles. The van der Waals surface area contributed by atoms with E-state index in [0.29, 0.717) is 12.5 Å². The highest BCUT2D eigenvalue weighted by atomic mass is 79.9. The molecule has 2 aromatic carbocycles. The van der Waals surface area contributed by atoms with Gasteiger partial charge in [0.25, 0.3) is 0 Å². The van der Waals surface area contributed by atoms with E-state index >= 15 is 0 Å². The van der Waals surface area contributed by atoms with E-state index in [1.807, 2.05) is 42.5 Å². The summed E-state index contributed by atoms with van der Waals surface area (Å²) in [5.74, 6) is 0.495. The molecule has 0 spiro atoms. The Labute approximate surface area is 172 Å². The fourth-order valence-electron chi connectivity index (χ4n) is 3.31. The van der Waals surface area contributed by atoms with E-state index < -0.39 is 0 Å². The summed E-state index contributed by atoms with van der Waals surface area (Å²) >= 11 is 3.47. The van der Waals surface area contributed by atoms with E-state index in [1.165, 1.54) is 12.1 Å². The zero-order chi connectivity index (χ0) is 19.5. The molecular weight excluding hydrogens is 421 g/mol. The molecule has 2 N–H and O–H groups in total. The fraction of sp³-hybridized carbons (Fsp3) is 0.238. The van der Waals surface area contributed by atoms with Crippen LogP contribution in [0.4, 0.5) is 16.0 Å². The lowest BCUT2D eigenvalue weighted by Crippen LogP contribution is -2.47. The standard InChI is InChI=1S/C21H21BrFN5/c22-16-3-1-15(2-4-16)20-13-18(14-24)25-21(26-20)28-11-9-27(10-12-28)19-7-5-17(23)6-8-19/h1-8,13H,9-12,14,24H2. The molecule has 0 unspecified atom stereocenters. The molecule has 1 fully saturated rings. The largest absolute Gasteiger partial charge is 0.368 e. The zero-order valence-corrected chi connectivity index (χ0v) is 16.9. The van der Waals surface area contributed by atoms with Crippen molar-refractivity contribution in [2.24, 2.45) is 5.73 Å². The summed E-state index contributed by atoms with van der Waals surface area (Å²) in [6, 6.07) is 16.7. The molecule has 4 rings (SSSR count). The van der Waals surface area contributed by atoms with Crippen molar-refractivity contribution in [2.45, 2.75) is 6.54 Å². The monoisotopic (exact) mass is 441 g/mol. The maximum Gasteiger partial charge on any atom is 0.226 e. The normalized spacial score (nSPS) is 14.4. The first-order valence-electron chi connectivity index (χ1n) is 9.22. The van der Waals surface area contributed by atoms with Gasteiger partial charge in [0.2, 0.25) is 5.95 Å². The smallest absolute Gasteiger partial charge is 0.226 e. The summed E-state index contributed by atoms with van der Waals surface area (Å²) in [6.07, 6.45) is 0. The minimum Gasteiger partial charge on any atom is -0.368 e. The molecule has 28 heavy (non-hydrogen) atoms. The van der Waals surface area contributed by atoms with Crippen LogP contribution in [-0.2, 0) is 6.54 Å². The van der Waals surface area contributed by atoms with Gasteiger partial charge >= 0.3 is 0 Å². The van der Waals surface area contributed by atoms with Crippen molar-refractivity contribution in [3.8, 4) is 11.3 Å². The number of anilines is 2. The molecule has 1 aliphatic heterocycles. The summed E-state index contributed by atoms with van der Waals surface area (Å²) in [4.78, 5) is 13.9. The van der Waals surface area contributed by atoms with Crippen LogP contribution in [0.3, 0.4) is 0 Å². The van der Waals surface area contributed by atoms with Crippen molar-refractivity contribution in [2.75, 3.05) is 36.0 Å². The Morgan fingerprint density at radius 1 is 0.893 bits per heavy atom. The van der Waals surface area contributed by atoms with Gasteiger partial charge in [-0.1, -0.05) is 28.1 Å². The minimum atomic E-state index is -0.213. The van der Waals surface area contributed by atoms with Gasteiger partial charge in [-0.3, -0.25) is 0 Å². The molecule has 3 aromatic rings. The average molecular weight is 442 g/mol. The van der Waals surface area contributed by atoms with E-state index in [2.05, 4.69) is 30.7 Å². The Balaban J connectivity index is 1.53. The molecule has 0 radical (unpaired) electrons. The van der Waals surface area contributed by atoms with Crippen LogP contribution in [0.5, 0.6) is 0 Å². The average Bonchev–Trinajstić information content (AvgIpc) is 2.74. The molecule has 5 nitrogen and oxygen atoms in total. The minimum absolute atomic E-state index is 0.213. The molecule has 0 amide bonds. The van der Waals surface area contributed by atoms with Gasteiger partial charge in [0.1, 0.15) is 5.82 Å². The maximum absolute atomic E-state index is 13.2. The van der Waals surface area contributed by atoms with Gasteiger partial charge in [-0.05, 0) is 42.5 Å². The lowest BCUT2D eigenvalue weighted by atomic mass is 10.1. The second-order valence-corrected chi connectivity index (χ2v) is 7.62. The second-order valence-electron chi connectivity index (χ2n) is 6.71. The fourth-order valence-corrected chi connectivity index (χ4v) is 3.58. The van der Waals surface area contributed by atoms with Crippen molar-refractivity contribution >= 4 is 27.6 Å². The predicted octanol–water partition coefficient (Wildman–Crippen LogP) is 3.83. The third-order valence-electron chi connectivity index (χ3n) is 4.87. The van der Waals surface area contributed by atoms with Crippen LogP contribution >= 0.6 is 15.9 Å². The highest BCUT2D eigenvalue weighted by Crippen LogP contribution is 2.24. The van der Waals surface area contributed by atoms with Crippen molar-refractivity contribution < 1.29 is 4.39 Å². The van der Waals surface area contributed by atoms with Crippen molar-refractivity contribution in [3.63, 3.8) is 0 Å². The van der Waals surface area contributed by atoms with Gasteiger partial charge in [-0.15, -0.1) is 0 Å². The molecule has 7 heteroatoms. The van der Waals surface area contributed by atoms with Gasteiger partial charge in [0.05, 0.1) is 11.4 Å². The first kappa shape index (κ1) is 18.8. The second kappa shape index (κ2) is 8.24. The first-order chi connectivity index (χ1) is 13.6. The summed E-state index contributed by atoms with van der Waals surface area (Å²) in [6.45, 7) is 3.62. The number of nitrogens with two attached hydrogens (primary N) is 1. The van der Waals surface area contributed by atoms with Crippen LogP contribution in [0.15, 0.2) is 59.1 Å². The molecule has 2 heterocycles. The van der Waals surface area contributed by atoms with Crippen LogP contribution < -0.4 is 15.5 Å². The number of benzene rings is 2. The SMILES string of the molecule is NCc1cc(-c2ccc(Br)cc2)nc(N2CCN(c3ccc(F)cc3)CC2)n1. The first-order valence-corrected chi connectivity index (χ1v) is 10.0. The third kappa shape index (κ3) is 4.15. The molecular formula is C21H21BrFN5. The quantitative estimate of drug-likeness (QED) is 0.666. The number of rotatable bonds is 4.